The zero-order valence-corrected chi connectivity index (χ0v) is 13.3. The van der Waals surface area contributed by atoms with E-state index in [0.717, 1.165) is 17.0 Å². The summed E-state index contributed by atoms with van der Waals surface area (Å²) in [6.45, 7) is 1.13. The lowest BCUT2D eigenvalue weighted by Gasteiger charge is -2.25. The van der Waals surface area contributed by atoms with Crippen molar-refractivity contribution in [3.63, 3.8) is 0 Å². The van der Waals surface area contributed by atoms with Gasteiger partial charge in [-0.25, -0.2) is 0 Å². The predicted octanol–water partition coefficient (Wildman–Crippen LogP) is 1.43. The maximum atomic E-state index is 12.9. The third-order valence-corrected chi connectivity index (χ3v) is 3.07. The van der Waals surface area contributed by atoms with Gasteiger partial charge in [-0.05, 0) is 19.1 Å². The molecule has 1 atom stereocenters. The van der Waals surface area contributed by atoms with Crippen LogP contribution < -0.4 is 10.5 Å². The number of alkyl halides is 3. The van der Waals surface area contributed by atoms with Crippen molar-refractivity contribution in [1.82, 2.24) is 4.90 Å². The van der Waals surface area contributed by atoms with Gasteiger partial charge in [-0.2, -0.15) is 13.2 Å². The SMILES string of the molecule is COCCN(CC(N)=O)C(=O)[C@@H](C)Oc1ccccc1C(F)(F)F. The minimum Gasteiger partial charge on any atom is -0.480 e. The van der Waals surface area contributed by atoms with Crippen LogP contribution in [0.3, 0.4) is 0 Å². The minimum absolute atomic E-state index is 0.0624. The van der Waals surface area contributed by atoms with E-state index in [0.29, 0.717) is 0 Å². The molecule has 24 heavy (non-hydrogen) atoms. The Labute approximate surface area is 137 Å². The van der Waals surface area contributed by atoms with Crippen molar-refractivity contribution in [3.8, 4) is 5.75 Å². The Kier molecular flexibility index (Phi) is 7.02. The average Bonchev–Trinajstić information content (AvgIpc) is 2.49. The molecule has 134 valence electrons. The molecule has 0 fully saturated rings. The topological polar surface area (TPSA) is 81.9 Å². The third kappa shape index (κ3) is 5.73. The van der Waals surface area contributed by atoms with Crippen LogP contribution in [0.25, 0.3) is 0 Å². The lowest BCUT2D eigenvalue weighted by molar-refractivity contribution is -0.144. The van der Waals surface area contributed by atoms with E-state index in [1.165, 1.54) is 26.2 Å². The molecule has 0 heterocycles. The van der Waals surface area contributed by atoms with Crippen LogP contribution in [0.5, 0.6) is 5.75 Å². The molecule has 0 bridgehead atoms. The van der Waals surface area contributed by atoms with Gasteiger partial charge in [0.05, 0.1) is 18.7 Å². The van der Waals surface area contributed by atoms with Crippen LogP contribution in [0.2, 0.25) is 0 Å². The molecule has 1 rings (SSSR count). The highest BCUT2D eigenvalue weighted by Crippen LogP contribution is 2.36. The van der Waals surface area contributed by atoms with Crippen molar-refractivity contribution in [3.05, 3.63) is 29.8 Å². The Morgan fingerprint density at radius 3 is 2.46 bits per heavy atom. The number of hydrogen-bond donors (Lipinski definition) is 1. The number of halogens is 3. The highest BCUT2D eigenvalue weighted by Gasteiger charge is 2.35. The summed E-state index contributed by atoms with van der Waals surface area (Å²) in [7, 11) is 1.41. The monoisotopic (exact) mass is 348 g/mol. The molecular formula is C15H19F3N2O4. The van der Waals surface area contributed by atoms with Crippen LogP contribution >= 0.6 is 0 Å². The van der Waals surface area contributed by atoms with E-state index in [2.05, 4.69) is 0 Å². The fraction of sp³-hybridized carbons (Fsp3) is 0.467. The molecule has 9 heteroatoms. The first-order valence-electron chi connectivity index (χ1n) is 7.05. The third-order valence-electron chi connectivity index (χ3n) is 3.07. The van der Waals surface area contributed by atoms with Gasteiger partial charge < -0.3 is 20.1 Å². The summed E-state index contributed by atoms with van der Waals surface area (Å²) in [5.74, 6) is -1.87. The lowest BCUT2D eigenvalue weighted by Crippen LogP contribution is -2.46. The van der Waals surface area contributed by atoms with E-state index in [1.807, 2.05) is 0 Å². The fourth-order valence-electron chi connectivity index (χ4n) is 1.96. The van der Waals surface area contributed by atoms with Crippen molar-refractivity contribution >= 4 is 11.8 Å². The molecule has 0 aromatic heterocycles. The van der Waals surface area contributed by atoms with Gasteiger partial charge in [-0.1, -0.05) is 12.1 Å². The summed E-state index contributed by atoms with van der Waals surface area (Å²) in [5.41, 5.74) is 4.09. The smallest absolute Gasteiger partial charge is 0.419 e. The van der Waals surface area contributed by atoms with Gasteiger partial charge in [0.2, 0.25) is 5.91 Å². The summed E-state index contributed by atoms with van der Waals surface area (Å²) in [4.78, 5) is 24.4. The zero-order valence-electron chi connectivity index (χ0n) is 13.3. The van der Waals surface area contributed by atoms with Gasteiger partial charge in [-0.3, -0.25) is 9.59 Å². The fourth-order valence-corrected chi connectivity index (χ4v) is 1.96. The molecule has 0 aliphatic heterocycles. The van der Waals surface area contributed by atoms with Gasteiger partial charge in [0, 0.05) is 13.7 Å². The van der Waals surface area contributed by atoms with Gasteiger partial charge in [0.25, 0.3) is 5.91 Å². The van der Waals surface area contributed by atoms with E-state index in [9.17, 15) is 22.8 Å². The zero-order chi connectivity index (χ0) is 18.3. The van der Waals surface area contributed by atoms with Crippen LogP contribution in [0.4, 0.5) is 13.2 Å². The molecule has 2 amide bonds. The second kappa shape index (κ2) is 8.53. The number of benzene rings is 1. The number of rotatable bonds is 8. The Balaban J connectivity index is 2.91. The molecule has 0 saturated carbocycles. The van der Waals surface area contributed by atoms with E-state index < -0.39 is 35.4 Å². The molecule has 0 saturated heterocycles. The van der Waals surface area contributed by atoms with Gasteiger partial charge >= 0.3 is 6.18 Å². The van der Waals surface area contributed by atoms with Gasteiger partial charge in [0.15, 0.2) is 6.10 Å². The standard InChI is InChI=1S/C15H19F3N2O4/c1-10(14(22)20(7-8-23-2)9-13(19)21)24-12-6-4-3-5-11(12)15(16,17)18/h3-6,10H,7-9H2,1-2H3,(H2,19,21)/t10-/m1/s1. The van der Waals surface area contributed by atoms with Gasteiger partial charge in [-0.15, -0.1) is 0 Å². The second-order valence-corrected chi connectivity index (χ2v) is 4.97. The number of ether oxygens (including phenoxy) is 2. The molecule has 2 N–H and O–H groups in total. The number of primary amides is 1. The van der Waals surface area contributed by atoms with E-state index >= 15 is 0 Å². The molecule has 0 aliphatic carbocycles. The first-order valence-corrected chi connectivity index (χ1v) is 7.05. The number of carbonyl (C=O) groups is 2. The van der Waals surface area contributed by atoms with Crippen molar-refractivity contribution in [2.75, 3.05) is 26.8 Å². The number of para-hydroxylation sites is 1. The second-order valence-electron chi connectivity index (χ2n) is 4.97. The molecular weight excluding hydrogens is 329 g/mol. The summed E-state index contributed by atoms with van der Waals surface area (Å²) >= 11 is 0. The number of nitrogens with two attached hydrogens (primary N) is 1. The van der Waals surface area contributed by atoms with Crippen molar-refractivity contribution in [2.24, 2.45) is 5.73 Å². The Morgan fingerprint density at radius 2 is 1.92 bits per heavy atom. The first-order chi connectivity index (χ1) is 11.2. The van der Waals surface area contributed by atoms with Crippen LogP contribution in [0.15, 0.2) is 24.3 Å². The maximum absolute atomic E-state index is 12.9. The normalized spacial score (nSPS) is 12.5. The van der Waals surface area contributed by atoms with Crippen molar-refractivity contribution in [1.29, 1.82) is 0 Å². The summed E-state index contributed by atoms with van der Waals surface area (Å²) in [6.07, 6.45) is -5.84. The molecule has 0 spiro atoms. The number of nitrogens with zero attached hydrogens (tertiary/aromatic N) is 1. The molecule has 1 aromatic carbocycles. The van der Waals surface area contributed by atoms with Crippen molar-refractivity contribution in [2.45, 2.75) is 19.2 Å². The van der Waals surface area contributed by atoms with E-state index in [-0.39, 0.29) is 19.7 Å². The maximum Gasteiger partial charge on any atom is 0.419 e. The largest absolute Gasteiger partial charge is 0.480 e. The number of methoxy groups -OCH3 is 1. The van der Waals surface area contributed by atoms with E-state index in [1.54, 1.807) is 0 Å². The predicted molar refractivity (Wildman–Crippen MR) is 79.2 cm³/mol. The Bertz CT molecular complexity index is 578. The van der Waals surface area contributed by atoms with Crippen LogP contribution in [-0.4, -0.2) is 49.6 Å². The molecule has 6 nitrogen and oxygen atoms in total. The highest BCUT2D eigenvalue weighted by atomic mass is 19.4. The Hall–Kier alpha value is -2.29. The van der Waals surface area contributed by atoms with Gasteiger partial charge in [0.1, 0.15) is 5.75 Å². The number of carbonyl (C=O) groups excluding carboxylic acids is 2. The Morgan fingerprint density at radius 1 is 1.29 bits per heavy atom. The van der Waals surface area contributed by atoms with E-state index in [4.69, 9.17) is 15.2 Å². The highest BCUT2D eigenvalue weighted by molar-refractivity contribution is 5.86. The van der Waals surface area contributed by atoms with Crippen LogP contribution in [-0.2, 0) is 20.5 Å². The minimum atomic E-state index is -4.61. The van der Waals surface area contributed by atoms with Crippen molar-refractivity contribution < 1.29 is 32.2 Å². The number of hydrogen-bond acceptors (Lipinski definition) is 4. The first kappa shape index (κ1) is 19.8. The number of amides is 2. The quantitative estimate of drug-likeness (QED) is 0.771. The summed E-state index contributed by atoms with van der Waals surface area (Å²) in [6, 6.07) is 4.58. The molecule has 0 radical (unpaired) electrons. The lowest BCUT2D eigenvalue weighted by atomic mass is 10.2. The molecule has 1 aromatic rings. The molecule has 0 unspecified atom stereocenters. The van der Waals surface area contributed by atoms with Crippen LogP contribution in [0, 0.1) is 0 Å². The average molecular weight is 348 g/mol. The van der Waals surface area contributed by atoms with Crippen LogP contribution in [0.1, 0.15) is 12.5 Å². The summed E-state index contributed by atoms with van der Waals surface area (Å²) in [5, 5.41) is 0. The molecule has 0 aliphatic rings. The summed E-state index contributed by atoms with van der Waals surface area (Å²) < 4.78 is 48.8.